The number of aryl methyl sites for hydroxylation is 3. The molecule has 5 aromatic rings. The predicted octanol–water partition coefficient (Wildman–Crippen LogP) is 5.63. The van der Waals surface area contributed by atoms with Crippen LogP contribution in [-0.2, 0) is 37.3 Å². The van der Waals surface area contributed by atoms with Crippen molar-refractivity contribution in [2.24, 2.45) is 5.92 Å². The molecule has 292 valence electrons. The fraction of sp³-hybridized carbons (Fsp3) is 0.432. The maximum atomic E-state index is 13.6. The van der Waals surface area contributed by atoms with Crippen molar-refractivity contribution in [1.82, 2.24) is 40.6 Å². The average Bonchev–Trinajstić information content (AvgIpc) is 3.65. The molecule has 0 aliphatic carbocycles. The molecule has 3 aliphatic rings. The van der Waals surface area contributed by atoms with Gasteiger partial charge in [0, 0.05) is 75.8 Å². The highest BCUT2D eigenvalue weighted by Gasteiger charge is 2.39. The molecule has 8 rings (SSSR count). The van der Waals surface area contributed by atoms with Gasteiger partial charge < -0.3 is 26.0 Å². The standard InChI is InChI=1S/C44H53N9O3/c1-4-37-35(41(49-33-15-18-56-19-16-33)36-24-48-53(5-2)42(36)51-37)23-47-44(55)39-11-7-10-38(50-39)43(54)46-22-29-13-12-28(3)34(21-29)31-9-6-8-30(20-31)26-52-27-32-14-17-45-25-40(32)52/h6-13,20-21,24,32-33,40,45H,4-5,14-19,22-23,25-27H2,1-3H3,(H,46,54)(H,47,55)(H,49,51)/t32?,40-/m1/s1. The number of fused-ring (bicyclic) bond motifs is 2. The summed E-state index contributed by atoms with van der Waals surface area (Å²) in [6, 6.07) is 21.0. The van der Waals surface area contributed by atoms with E-state index in [2.05, 4.69) is 93.4 Å². The van der Waals surface area contributed by atoms with Crippen molar-refractivity contribution in [2.45, 2.75) is 84.7 Å². The number of nitrogens with one attached hydrogen (secondary N) is 4. The number of rotatable bonds is 13. The molecule has 6 heterocycles. The Hall–Kier alpha value is -5.17. The fourth-order valence-corrected chi connectivity index (χ4v) is 8.50. The van der Waals surface area contributed by atoms with Gasteiger partial charge in [-0.15, -0.1) is 0 Å². The molecule has 2 amide bonds. The zero-order valence-electron chi connectivity index (χ0n) is 32.7. The van der Waals surface area contributed by atoms with Gasteiger partial charge in [0.25, 0.3) is 11.8 Å². The Balaban J connectivity index is 0.925. The highest BCUT2D eigenvalue weighted by molar-refractivity contribution is 5.97. The number of amides is 2. The lowest BCUT2D eigenvalue weighted by Gasteiger charge is -2.51. The summed E-state index contributed by atoms with van der Waals surface area (Å²) in [4.78, 5) is 39.0. The van der Waals surface area contributed by atoms with E-state index in [1.165, 1.54) is 29.7 Å². The molecule has 56 heavy (non-hydrogen) atoms. The van der Waals surface area contributed by atoms with Crippen LogP contribution in [-0.4, -0.2) is 81.4 Å². The van der Waals surface area contributed by atoms with Gasteiger partial charge >= 0.3 is 0 Å². The first-order valence-corrected chi connectivity index (χ1v) is 20.3. The van der Waals surface area contributed by atoms with Crippen molar-refractivity contribution < 1.29 is 14.3 Å². The Morgan fingerprint density at radius 3 is 2.46 bits per heavy atom. The first kappa shape index (κ1) is 37.7. The first-order valence-electron chi connectivity index (χ1n) is 20.3. The summed E-state index contributed by atoms with van der Waals surface area (Å²) in [6.07, 6.45) is 5.62. The Kier molecular flexibility index (Phi) is 11.4. The third kappa shape index (κ3) is 8.05. The SMILES string of the molecule is CCc1nc2c(cnn2CC)c(NC2CCOCC2)c1CNC(=O)c1cccc(C(=O)NCc2ccc(C)c(-c3cccc(CN4CC5CCNC[C@H]54)c3)c2)n1. The van der Waals surface area contributed by atoms with Crippen molar-refractivity contribution in [1.29, 1.82) is 0 Å². The second-order valence-corrected chi connectivity index (χ2v) is 15.4. The van der Waals surface area contributed by atoms with Crippen LogP contribution in [0.1, 0.15) is 82.0 Å². The monoisotopic (exact) mass is 755 g/mol. The van der Waals surface area contributed by atoms with Crippen LogP contribution in [0.3, 0.4) is 0 Å². The molecule has 1 unspecified atom stereocenters. The van der Waals surface area contributed by atoms with Crippen LogP contribution in [0, 0.1) is 12.8 Å². The zero-order valence-corrected chi connectivity index (χ0v) is 32.7. The van der Waals surface area contributed by atoms with E-state index in [-0.39, 0.29) is 35.8 Å². The van der Waals surface area contributed by atoms with Crippen molar-refractivity contribution in [3.05, 3.63) is 106 Å². The molecule has 4 N–H and O–H groups in total. The molecular formula is C44H53N9O3. The van der Waals surface area contributed by atoms with Crippen molar-refractivity contribution >= 4 is 28.5 Å². The van der Waals surface area contributed by atoms with E-state index in [0.29, 0.717) is 38.8 Å². The number of pyridine rings is 2. The van der Waals surface area contributed by atoms with E-state index in [1.807, 2.05) is 16.9 Å². The molecule has 3 aromatic heterocycles. The van der Waals surface area contributed by atoms with Gasteiger partial charge in [-0.3, -0.25) is 14.5 Å². The molecule has 0 radical (unpaired) electrons. The molecule has 12 nitrogen and oxygen atoms in total. The number of anilines is 1. The number of ether oxygens (including phenoxy) is 1. The van der Waals surface area contributed by atoms with Crippen molar-refractivity contribution in [2.75, 3.05) is 38.2 Å². The van der Waals surface area contributed by atoms with Crippen LogP contribution in [0.2, 0.25) is 0 Å². The molecule has 3 aliphatic heterocycles. The van der Waals surface area contributed by atoms with E-state index >= 15 is 0 Å². The lowest BCUT2D eigenvalue weighted by molar-refractivity contribution is -0.0114. The third-order valence-electron chi connectivity index (χ3n) is 11.7. The number of benzene rings is 2. The number of hydrogen-bond donors (Lipinski definition) is 4. The van der Waals surface area contributed by atoms with Crippen molar-refractivity contribution in [3.8, 4) is 11.1 Å². The number of likely N-dealkylation sites (tertiary alicyclic amines) is 1. The van der Waals surface area contributed by atoms with Crippen LogP contribution < -0.4 is 21.3 Å². The number of carbonyl (C=O) groups excluding carboxylic acids is 2. The summed E-state index contributed by atoms with van der Waals surface area (Å²) >= 11 is 0. The normalized spacial score (nSPS) is 18.6. The molecular weight excluding hydrogens is 703 g/mol. The zero-order chi connectivity index (χ0) is 38.6. The Labute approximate surface area is 328 Å². The van der Waals surface area contributed by atoms with E-state index < -0.39 is 0 Å². The number of piperidine rings is 1. The molecule has 2 atom stereocenters. The summed E-state index contributed by atoms with van der Waals surface area (Å²) in [6.45, 7) is 13.3. The van der Waals surface area contributed by atoms with E-state index in [1.54, 1.807) is 18.2 Å². The largest absolute Gasteiger partial charge is 0.381 e. The minimum Gasteiger partial charge on any atom is -0.381 e. The van der Waals surface area contributed by atoms with E-state index in [4.69, 9.17) is 9.72 Å². The molecule has 0 spiro atoms. The summed E-state index contributed by atoms with van der Waals surface area (Å²) in [5.41, 5.74) is 9.80. The second-order valence-electron chi connectivity index (χ2n) is 15.4. The first-order chi connectivity index (χ1) is 27.4. The molecule has 3 fully saturated rings. The van der Waals surface area contributed by atoms with Crippen LogP contribution in [0.15, 0.2) is 66.9 Å². The number of nitrogens with zero attached hydrogens (tertiary/aromatic N) is 5. The molecule has 2 aromatic carbocycles. The van der Waals surface area contributed by atoms with Crippen LogP contribution >= 0.6 is 0 Å². The number of aromatic nitrogens is 4. The van der Waals surface area contributed by atoms with Crippen LogP contribution in [0.4, 0.5) is 5.69 Å². The predicted molar refractivity (Wildman–Crippen MR) is 218 cm³/mol. The van der Waals surface area contributed by atoms with Gasteiger partial charge in [-0.1, -0.05) is 43.3 Å². The minimum absolute atomic E-state index is 0.175. The lowest BCUT2D eigenvalue weighted by atomic mass is 9.83. The molecule has 3 saturated heterocycles. The smallest absolute Gasteiger partial charge is 0.270 e. The van der Waals surface area contributed by atoms with Crippen LogP contribution in [0.25, 0.3) is 22.2 Å². The van der Waals surface area contributed by atoms with E-state index in [9.17, 15) is 9.59 Å². The van der Waals surface area contributed by atoms with E-state index in [0.717, 1.165) is 77.5 Å². The highest BCUT2D eigenvalue weighted by atomic mass is 16.5. The van der Waals surface area contributed by atoms with Gasteiger partial charge in [-0.2, -0.15) is 5.10 Å². The summed E-state index contributed by atoms with van der Waals surface area (Å²) in [5.74, 6) is 0.128. The highest BCUT2D eigenvalue weighted by Crippen LogP contribution is 2.33. The molecule has 0 saturated carbocycles. The average molecular weight is 756 g/mol. The second kappa shape index (κ2) is 16.9. The van der Waals surface area contributed by atoms with Gasteiger partial charge in [0.05, 0.1) is 17.3 Å². The van der Waals surface area contributed by atoms with Gasteiger partial charge in [0.2, 0.25) is 0 Å². The minimum atomic E-state index is -0.363. The maximum absolute atomic E-state index is 13.6. The summed E-state index contributed by atoms with van der Waals surface area (Å²) in [5, 5.41) is 18.9. The molecule has 12 heteroatoms. The quantitative estimate of drug-likeness (QED) is 0.121. The Morgan fingerprint density at radius 2 is 1.70 bits per heavy atom. The van der Waals surface area contributed by atoms with Gasteiger partial charge in [0.1, 0.15) is 11.4 Å². The topological polar surface area (TPSA) is 138 Å². The van der Waals surface area contributed by atoms with Crippen LogP contribution in [0.5, 0.6) is 0 Å². The Morgan fingerprint density at radius 1 is 0.911 bits per heavy atom. The third-order valence-corrected chi connectivity index (χ3v) is 11.7. The number of carbonyl (C=O) groups is 2. The number of hydrogen-bond acceptors (Lipinski definition) is 9. The fourth-order valence-electron chi connectivity index (χ4n) is 8.50. The summed E-state index contributed by atoms with van der Waals surface area (Å²) in [7, 11) is 0. The van der Waals surface area contributed by atoms with Gasteiger partial charge in [-0.25, -0.2) is 14.6 Å². The Bertz CT molecular complexity index is 2210. The van der Waals surface area contributed by atoms with Gasteiger partial charge in [-0.05, 0) is 104 Å². The summed E-state index contributed by atoms with van der Waals surface area (Å²) < 4.78 is 7.51. The maximum Gasteiger partial charge on any atom is 0.270 e. The molecule has 0 bridgehead atoms. The lowest BCUT2D eigenvalue weighted by Crippen LogP contribution is -2.62. The van der Waals surface area contributed by atoms with Gasteiger partial charge in [0.15, 0.2) is 5.65 Å². The van der Waals surface area contributed by atoms with Crippen molar-refractivity contribution in [3.63, 3.8) is 0 Å².